The number of alkyl halides is 1. The number of hydrogen-bond donors (Lipinski definition) is 2. The molecule has 0 saturated carbocycles. The third kappa shape index (κ3) is 4.56. The minimum absolute atomic E-state index is 0.141. The number of halogens is 3. The van der Waals surface area contributed by atoms with Crippen LogP contribution in [0.2, 0.25) is 0 Å². The van der Waals surface area contributed by atoms with E-state index in [0.29, 0.717) is 61.1 Å². The molecule has 5 aliphatic heterocycles. The Morgan fingerprint density at radius 1 is 1.14 bits per heavy atom. The lowest BCUT2D eigenvalue weighted by Gasteiger charge is -2.35. The first-order valence-corrected chi connectivity index (χ1v) is 16.2. The molecule has 8 rings (SSSR count). The van der Waals surface area contributed by atoms with E-state index in [1.165, 1.54) is 24.5 Å². The fourth-order valence-corrected chi connectivity index (χ4v) is 9.15. The van der Waals surface area contributed by atoms with Crippen LogP contribution in [0.25, 0.3) is 10.8 Å². The summed E-state index contributed by atoms with van der Waals surface area (Å²) in [6, 6.07) is 7.93. The fourth-order valence-electron chi connectivity index (χ4n) is 8.58. The second-order valence-electron chi connectivity index (χ2n) is 13.1. The third-order valence-corrected chi connectivity index (χ3v) is 11.3. The number of anilines is 1. The van der Waals surface area contributed by atoms with E-state index in [0.717, 1.165) is 66.5 Å². The van der Waals surface area contributed by atoms with Gasteiger partial charge in [0.05, 0.1) is 27.9 Å². The summed E-state index contributed by atoms with van der Waals surface area (Å²) in [5.74, 6) is 0.153. The number of piperidine rings is 1. The van der Waals surface area contributed by atoms with E-state index >= 15 is 0 Å². The predicted octanol–water partition coefficient (Wildman–Crippen LogP) is 5.75. The van der Waals surface area contributed by atoms with Crippen molar-refractivity contribution in [2.75, 3.05) is 31.1 Å². The van der Waals surface area contributed by atoms with Gasteiger partial charge in [0.25, 0.3) is 0 Å². The second kappa shape index (κ2) is 10.3. The first-order valence-electron chi connectivity index (χ1n) is 15.4. The van der Waals surface area contributed by atoms with Crippen LogP contribution in [-0.2, 0) is 13.0 Å². The molecule has 3 aromatic rings. The Hall–Kier alpha value is -2.56. The molecule has 1 aromatic heterocycles. The van der Waals surface area contributed by atoms with E-state index in [2.05, 4.69) is 31.0 Å². The van der Waals surface area contributed by atoms with Crippen molar-refractivity contribution in [3.8, 4) is 11.8 Å². The fraction of sp³-hybridized carbons (Fsp3) is 0.562. The van der Waals surface area contributed by atoms with Gasteiger partial charge in [0.2, 0.25) is 0 Å². The topological polar surface area (TPSA) is 73.8 Å². The van der Waals surface area contributed by atoms with Gasteiger partial charge in [-0.2, -0.15) is 9.97 Å². The Bertz CT molecular complexity index is 1550. The van der Waals surface area contributed by atoms with Crippen LogP contribution in [0.1, 0.15) is 67.8 Å². The Labute approximate surface area is 252 Å². The molecule has 42 heavy (non-hydrogen) atoms. The monoisotopic (exact) mass is 639 g/mol. The van der Waals surface area contributed by atoms with Crippen LogP contribution in [0.3, 0.4) is 0 Å². The average Bonchev–Trinajstić information content (AvgIpc) is 3.63. The maximum atomic E-state index is 14.6. The van der Waals surface area contributed by atoms with Gasteiger partial charge in [-0.15, -0.1) is 0 Å². The van der Waals surface area contributed by atoms with Crippen LogP contribution in [0.4, 0.5) is 14.5 Å². The van der Waals surface area contributed by atoms with Crippen molar-refractivity contribution in [3.05, 3.63) is 51.5 Å². The summed E-state index contributed by atoms with van der Waals surface area (Å²) in [4.78, 5) is 14.5. The van der Waals surface area contributed by atoms with Crippen LogP contribution in [0.5, 0.6) is 11.8 Å². The summed E-state index contributed by atoms with van der Waals surface area (Å²) in [6.07, 6.45) is 7.01. The molecular formula is C32H36BrF2N5O2. The van der Waals surface area contributed by atoms with Gasteiger partial charge < -0.3 is 20.1 Å². The largest absolute Gasteiger partial charge is 0.508 e. The van der Waals surface area contributed by atoms with Crippen molar-refractivity contribution >= 4 is 32.4 Å². The van der Waals surface area contributed by atoms with E-state index in [4.69, 9.17) is 14.7 Å². The summed E-state index contributed by atoms with van der Waals surface area (Å²) >= 11 is 3.46. The molecule has 0 aliphatic carbocycles. The van der Waals surface area contributed by atoms with E-state index in [1.54, 1.807) is 18.2 Å². The molecule has 5 atom stereocenters. The summed E-state index contributed by atoms with van der Waals surface area (Å²) in [5, 5.41) is 15.8. The summed E-state index contributed by atoms with van der Waals surface area (Å²) in [7, 11) is 0. The van der Waals surface area contributed by atoms with Gasteiger partial charge in [-0.3, -0.25) is 4.90 Å². The average molecular weight is 641 g/mol. The smallest absolute Gasteiger partial charge is 0.316 e. The molecule has 4 fully saturated rings. The van der Waals surface area contributed by atoms with Crippen molar-refractivity contribution in [3.63, 3.8) is 0 Å². The molecule has 2 bridgehead atoms. The van der Waals surface area contributed by atoms with Crippen LogP contribution >= 0.6 is 15.9 Å². The van der Waals surface area contributed by atoms with Gasteiger partial charge in [0.1, 0.15) is 24.3 Å². The number of nitrogens with zero attached hydrogens (tertiary/aromatic N) is 4. The van der Waals surface area contributed by atoms with Crippen molar-refractivity contribution in [2.45, 2.75) is 87.6 Å². The van der Waals surface area contributed by atoms with E-state index < -0.39 is 6.17 Å². The number of phenols is 1. The van der Waals surface area contributed by atoms with Gasteiger partial charge in [0, 0.05) is 54.7 Å². The number of nitrogens with one attached hydrogen (secondary N) is 1. The standard InChI is InChI=1S/C32H36BrF2N5O2/c33-29-25(35)5-2-18-12-23(41)13-27(28(18)29)39-9-6-24-26(16-39)37-31(38-30(24)19-10-21-3-4-22(11-19)36-21)42-17-32-7-1-8-40(32)15-20(34)14-32/h2,5,12-13,19-22,36,41H,1,3-4,6-11,14-17H2/t19?,20-,21-,22+,32+/m1/s1. The molecule has 222 valence electrons. The zero-order chi connectivity index (χ0) is 28.6. The number of ether oxygens (including phenoxy) is 1. The number of benzene rings is 2. The summed E-state index contributed by atoms with van der Waals surface area (Å²) in [5.41, 5.74) is 3.73. The minimum Gasteiger partial charge on any atom is -0.508 e. The Morgan fingerprint density at radius 3 is 2.81 bits per heavy atom. The number of fused-ring (bicyclic) bond motifs is 5. The maximum absolute atomic E-state index is 14.6. The first-order chi connectivity index (χ1) is 20.3. The van der Waals surface area contributed by atoms with Crippen molar-refractivity contribution in [1.29, 1.82) is 0 Å². The maximum Gasteiger partial charge on any atom is 0.316 e. The van der Waals surface area contributed by atoms with Crippen LogP contribution in [-0.4, -0.2) is 70.0 Å². The molecule has 1 unspecified atom stereocenters. The van der Waals surface area contributed by atoms with Crippen molar-refractivity contribution < 1.29 is 18.6 Å². The Balaban J connectivity index is 1.16. The van der Waals surface area contributed by atoms with Crippen LogP contribution < -0.4 is 15.0 Å². The van der Waals surface area contributed by atoms with Gasteiger partial charge in [0.15, 0.2) is 0 Å². The highest BCUT2D eigenvalue weighted by Gasteiger charge is 2.49. The number of aromatic nitrogens is 2. The van der Waals surface area contributed by atoms with E-state index in [1.807, 2.05) is 0 Å². The first kappa shape index (κ1) is 27.0. The summed E-state index contributed by atoms with van der Waals surface area (Å²) in [6.45, 7) is 3.01. The molecular weight excluding hydrogens is 604 g/mol. The molecule has 0 spiro atoms. The molecule has 10 heteroatoms. The van der Waals surface area contributed by atoms with Gasteiger partial charge in [-0.1, -0.05) is 6.07 Å². The zero-order valence-electron chi connectivity index (χ0n) is 23.6. The van der Waals surface area contributed by atoms with E-state index in [-0.39, 0.29) is 17.1 Å². The molecule has 2 aromatic carbocycles. The van der Waals surface area contributed by atoms with Gasteiger partial charge in [-0.05, 0) is 90.5 Å². The number of hydrogen-bond acceptors (Lipinski definition) is 7. The number of rotatable bonds is 5. The second-order valence-corrected chi connectivity index (χ2v) is 13.9. The molecule has 0 amide bonds. The lowest BCUT2D eigenvalue weighted by molar-refractivity contribution is 0.106. The summed E-state index contributed by atoms with van der Waals surface area (Å²) < 4.78 is 35.9. The van der Waals surface area contributed by atoms with E-state index in [9.17, 15) is 13.9 Å². The zero-order valence-corrected chi connectivity index (χ0v) is 25.2. The van der Waals surface area contributed by atoms with Gasteiger partial charge >= 0.3 is 6.01 Å². The number of phenolic OH excluding ortho intramolecular Hbond substituents is 1. The molecule has 4 saturated heterocycles. The number of aromatic hydroxyl groups is 1. The minimum atomic E-state index is -0.811. The normalized spacial score (nSPS) is 30.6. The molecule has 7 nitrogen and oxygen atoms in total. The van der Waals surface area contributed by atoms with Crippen LogP contribution in [0, 0.1) is 5.82 Å². The highest BCUT2D eigenvalue weighted by Crippen LogP contribution is 2.44. The van der Waals surface area contributed by atoms with Gasteiger partial charge in [-0.25, -0.2) is 8.78 Å². The Kier molecular flexibility index (Phi) is 6.61. The highest BCUT2D eigenvalue weighted by molar-refractivity contribution is 9.10. The molecule has 0 radical (unpaired) electrons. The lowest BCUT2D eigenvalue weighted by atomic mass is 9.85. The predicted molar refractivity (Wildman–Crippen MR) is 161 cm³/mol. The molecule has 5 aliphatic rings. The van der Waals surface area contributed by atoms with Crippen LogP contribution in [0.15, 0.2) is 28.7 Å². The third-order valence-electron chi connectivity index (χ3n) is 10.5. The lowest BCUT2D eigenvalue weighted by Crippen LogP contribution is -2.43. The Morgan fingerprint density at radius 2 is 1.98 bits per heavy atom. The highest BCUT2D eigenvalue weighted by atomic mass is 79.9. The quantitative estimate of drug-likeness (QED) is 0.368. The van der Waals surface area contributed by atoms with Crippen molar-refractivity contribution in [1.82, 2.24) is 20.2 Å². The molecule has 2 N–H and O–H groups in total. The van der Waals surface area contributed by atoms with Crippen molar-refractivity contribution in [2.24, 2.45) is 0 Å². The SMILES string of the molecule is Oc1cc(N2CCc3c(nc(OC[C@@]45CCCN4C[C@H](F)C5)nc3C3C[C@H]4CC[C@@H](C3)N4)C2)c2c(Br)c(F)ccc2c1. The molecule has 6 heterocycles.